The number of allylic oxidation sites excluding steroid dienone is 4. The van der Waals surface area contributed by atoms with E-state index in [1.807, 2.05) is 30.3 Å². The maximum Gasteiger partial charge on any atom is 0.335 e. The highest BCUT2D eigenvalue weighted by molar-refractivity contribution is 7.53. The smallest absolute Gasteiger partial charge is 0.324 e. The third-order valence-corrected chi connectivity index (χ3v) is 11.9. The van der Waals surface area contributed by atoms with Crippen molar-refractivity contribution in [2.24, 2.45) is 0 Å². The van der Waals surface area contributed by atoms with Gasteiger partial charge >= 0.3 is 7.60 Å². The minimum absolute atomic E-state index is 0.577. The second-order valence-corrected chi connectivity index (χ2v) is 16.3. The van der Waals surface area contributed by atoms with Crippen molar-refractivity contribution in [3.05, 3.63) is 60.2 Å². The Morgan fingerprint density at radius 1 is 0.468 bits per heavy atom. The fourth-order valence-electron chi connectivity index (χ4n) is 6.95. The van der Waals surface area contributed by atoms with Crippen molar-refractivity contribution in [3.8, 4) is 0 Å². The minimum atomic E-state index is -4.32. The van der Waals surface area contributed by atoms with Crippen LogP contribution in [0.3, 0.4) is 0 Å². The van der Waals surface area contributed by atoms with Crippen LogP contribution in [0.4, 0.5) is 0 Å². The minimum Gasteiger partial charge on any atom is -0.324 e. The molecule has 0 aliphatic heterocycles. The molecule has 0 bridgehead atoms. The number of hydrogen-bond acceptors (Lipinski definition) is 1. The van der Waals surface area contributed by atoms with E-state index >= 15 is 0 Å². The summed E-state index contributed by atoms with van der Waals surface area (Å²) in [4.78, 5) is 21.5. The normalized spacial score (nSPS) is 13.6. The molecule has 0 unspecified atom stereocenters. The van der Waals surface area contributed by atoms with Crippen LogP contribution in [0.1, 0.15) is 212 Å². The van der Waals surface area contributed by atoms with Crippen LogP contribution >= 0.6 is 7.60 Å². The van der Waals surface area contributed by atoms with Crippen LogP contribution in [-0.4, -0.2) is 9.79 Å². The van der Waals surface area contributed by atoms with Crippen molar-refractivity contribution >= 4 is 7.60 Å². The molecule has 0 saturated heterocycles. The summed E-state index contributed by atoms with van der Waals surface area (Å²) >= 11 is 0. The van der Waals surface area contributed by atoms with E-state index in [4.69, 9.17) is 0 Å². The standard InChI is InChI=1S/C43H77O3P/c1-3-5-7-9-11-13-15-17-19-21-23-25-27-29-31-36-40-43(47(44,45)46,42-38-34-33-35-39-42)41-37-32-30-28-26-24-22-20-18-16-14-12-10-8-6-4-2/h17-20,33-35,38-39H,3-16,21-32,36-37,40-41H2,1-2H3,(H2,44,45,46). The second kappa shape index (κ2) is 30.9. The molecule has 0 heterocycles. The van der Waals surface area contributed by atoms with Crippen LogP contribution in [0.2, 0.25) is 0 Å². The molecule has 1 aromatic rings. The van der Waals surface area contributed by atoms with Crippen LogP contribution in [0.25, 0.3) is 0 Å². The lowest BCUT2D eigenvalue weighted by Gasteiger charge is -2.35. The van der Waals surface area contributed by atoms with Crippen molar-refractivity contribution < 1.29 is 14.4 Å². The van der Waals surface area contributed by atoms with Gasteiger partial charge in [-0.3, -0.25) is 4.57 Å². The van der Waals surface area contributed by atoms with Crippen LogP contribution in [0.5, 0.6) is 0 Å². The summed E-state index contributed by atoms with van der Waals surface area (Å²) in [5.74, 6) is 0. The number of unbranched alkanes of at least 4 members (excludes halogenated alkanes) is 24. The highest BCUT2D eigenvalue weighted by atomic mass is 31.2. The summed E-state index contributed by atoms with van der Waals surface area (Å²) in [6.45, 7) is 4.54. The van der Waals surface area contributed by atoms with Gasteiger partial charge in [0.25, 0.3) is 0 Å². The Labute approximate surface area is 293 Å². The van der Waals surface area contributed by atoms with Gasteiger partial charge in [0.2, 0.25) is 0 Å². The van der Waals surface area contributed by atoms with Gasteiger partial charge in [-0.15, -0.1) is 0 Å². The molecule has 2 N–H and O–H groups in total. The molecule has 0 saturated carbocycles. The number of benzene rings is 1. The molecule has 0 aromatic heterocycles. The van der Waals surface area contributed by atoms with Gasteiger partial charge in [0, 0.05) is 0 Å². The lowest BCUT2D eigenvalue weighted by atomic mass is 9.87. The summed E-state index contributed by atoms with van der Waals surface area (Å²) in [6, 6.07) is 9.70. The van der Waals surface area contributed by atoms with Crippen LogP contribution in [-0.2, 0) is 9.72 Å². The summed E-state index contributed by atoms with van der Waals surface area (Å²) in [6.07, 6.45) is 45.4. The molecule has 0 aliphatic carbocycles. The Bertz CT molecular complexity index is 861. The molecule has 47 heavy (non-hydrogen) atoms. The van der Waals surface area contributed by atoms with Gasteiger partial charge in [0.1, 0.15) is 0 Å². The first kappa shape index (κ1) is 43.9. The lowest BCUT2D eigenvalue weighted by Crippen LogP contribution is -2.26. The van der Waals surface area contributed by atoms with Crippen molar-refractivity contribution in [1.82, 2.24) is 0 Å². The predicted molar refractivity (Wildman–Crippen MR) is 208 cm³/mol. The average Bonchev–Trinajstić information content (AvgIpc) is 3.06. The molecule has 1 aromatic carbocycles. The monoisotopic (exact) mass is 673 g/mol. The Morgan fingerprint density at radius 3 is 1.09 bits per heavy atom. The molecule has 0 atom stereocenters. The molecular formula is C43H77O3P. The lowest BCUT2D eigenvalue weighted by molar-refractivity contribution is 0.297. The molecular weight excluding hydrogens is 595 g/mol. The Balaban J connectivity index is 2.30. The van der Waals surface area contributed by atoms with Gasteiger partial charge < -0.3 is 9.79 Å². The highest BCUT2D eigenvalue weighted by Gasteiger charge is 2.46. The molecule has 3 nitrogen and oxygen atoms in total. The summed E-state index contributed by atoms with van der Waals surface area (Å²) < 4.78 is 13.1. The van der Waals surface area contributed by atoms with Crippen LogP contribution in [0, 0.1) is 0 Å². The molecule has 4 heteroatoms. The maximum atomic E-state index is 13.1. The summed E-state index contributed by atoms with van der Waals surface area (Å²) in [5.41, 5.74) is 0.828. The van der Waals surface area contributed by atoms with E-state index in [-0.39, 0.29) is 0 Å². The quantitative estimate of drug-likeness (QED) is 0.0435. The molecule has 0 radical (unpaired) electrons. The first-order chi connectivity index (χ1) is 23.0. The molecule has 0 fully saturated rings. The van der Waals surface area contributed by atoms with E-state index in [0.717, 1.165) is 44.1 Å². The van der Waals surface area contributed by atoms with E-state index in [9.17, 15) is 14.4 Å². The molecule has 0 spiro atoms. The SMILES string of the molecule is CCCCCCCCC=CCCCCCCCCC(CCCCCCCCC=CCCCCCCCC)(c1ccccc1)P(=O)(O)O. The Kier molecular flexibility index (Phi) is 28.8. The Morgan fingerprint density at radius 2 is 0.766 bits per heavy atom. The largest absolute Gasteiger partial charge is 0.335 e. The molecule has 0 aliphatic rings. The zero-order chi connectivity index (χ0) is 34.2. The van der Waals surface area contributed by atoms with Gasteiger partial charge in [-0.05, 0) is 69.8 Å². The fourth-order valence-corrected chi connectivity index (χ4v) is 8.34. The number of rotatable bonds is 34. The zero-order valence-corrected chi connectivity index (χ0v) is 32.1. The van der Waals surface area contributed by atoms with E-state index in [0.29, 0.717) is 12.8 Å². The van der Waals surface area contributed by atoms with Crippen molar-refractivity contribution in [2.45, 2.75) is 212 Å². The van der Waals surface area contributed by atoms with E-state index in [2.05, 4.69) is 38.2 Å². The van der Waals surface area contributed by atoms with Gasteiger partial charge in [-0.25, -0.2) is 0 Å². The van der Waals surface area contributed by atoms with Gasteiger partial charge in [0.15, 0.2) is 0 Å². The van der Waals surface area contributed by atoms with Gasteiger partial charge in [0.05, 0.1) is 5.16 Å². The topological polar surface area (TPSA) is 57.5 Å². The molecule has 272 valence electrons. The average molecular weight is 673 g/mol. The predicted octanol–water partition coefficient (Wildman–Crippen LogP) is 14.9. The Hall–Kier alpha value is -1.15. The van der Waals surface area contributed by atoms with E-state index in [1.54, 1.807) is 0 Å². The van der Waals surface area contributed by atoms with Gasteiger partial charge in [-0.1, -0.05) is 197 Å². The van der Waals surface area contributed by atoms with Crippen molar-refractivity contribution in [3.63, 3.8) is 0 Å². The first-order valence-electron chi connectivity index (χ1n) is 20.4. The van der Waals surface area contributed by atoms with Crippen LogP contribution in [0.15, 0.2) is 54.6 Å². The second-order valence-electron chi connectivity index (χ2n) is 14.3. The van der Waals surface area contributed by atoms with Crippen molar-refractivity contribution in [2.75, 3.05) is 0 Å². The highest BCUT2D eigenvalue weighted by Crippen LogP contribution is 2.62. The summed E-state index contributed by atoms with van der Waals surface area (Å²) in [5, 5.41) is -1.05. The molecule has 1 rings (SSSR count). The number of hydrogen-bond donors (Lipinski definition) is 2. The fraction of sp³-hybridized carbons (Fsp3) is 0.767. The van der Waals surface area contributed by atoms with Gasteiger partial charge in [-0.2, -0.15) is 0 Å². The third-order valence-electron chi connectivity index (χ3n) is 10.1. The maximum absolute atomic E-state index is 13.1. The van der Waals surface area contributed by atoms with Crippen LogP contribution < -0.4 is 0 Å². The molecule has 0 amide bonds. The first-order valence-corrected chi connectivity index (χ1v) is 22.0. The van der Waals surface area contributed by atoms with E-state index in [1.165, 1.54) is 141 Å². The zero-order valence-electron chi connectivity index (χ0n) is 31.2. The third kappa shape index (κ3) is 23.0. The van der Waals surface area contributed by atoms with E-state index < -0.39 is 12.8 Å². The summed E-state index contributed by atoms with van der Waals surface area (Å²) in [7, 11) is -4.32. The van der Waals surface area contributed by atoms with Crippen molar-refractivity contribution in [1.29, 1.82) is 0 Å².